The number of hydrogen-bond acceptors (Lipinski definition) is 6. The lowest BCUT2D eigenvalue weighted by atomic mass is 10.1. The van der Waals surface area contributed by atoms with Crippen molar-refractivity contribution in [1.82, 2.24) is 9.36 Å². The van der Waals surface area contributed by atoms with Gasteiger partial charge in [0.05, 0.1) is 18.4 Å². The number of anilines is 1. The Labute approximate surface area is 168 Å². The summed E-state index contributed by atoms with van der Waals surface area (Å²) in [6.45, 7) is 0.383. The standard InChI is InChI=1S/C19H16F3N3O3S/c20-11-4-3-5-12(21)16(11)17-13(22)6-7-14(24-17)18(27)25-15-10-23-29-19(15)28-9-2-1-8-26/h3-7,10,26H,1-2,8-9H2,(H,25,27). The van der Waals surface area contributed by atoms with E-state index < -0.39 is 34.6 Å². The van der Waals surface area contributed by atoms with Crippen LogP contribution in [0.15, 0.2) is 36.5 Å². The van der Waals surface area contributed by atoms with Gasteiger partial charge in [0.15, 0.2) is 0 Å². The van der Waals surface area contributed by atoms with E-state index in [0.29, 0.717) is 24.5 Å². The molecule has 3 aromatic rings. The van der Waals surface area contributed by atoms with Crippen molar-refractivity contribution in [1.29, 1.82) is 0 Å². The van der Waals surface area contributed by atoms with Gasteiger partial charge >= 0.3 is 0 Å². The van der Waals surface area contributed by atoms with Gasteiger partial charge in [-0.05, 0) is 37.1 Å². The summed E-state index contributed by atoms with van der Waals surface area (Å²) in [6.07, 6.45) is 2.58. The minimum atomic E-state index is -0.991. The number of unbranched alkanes of at least 4 members (excludes halogenated alkanes) is 1. The Morgan fingerprint density at radius 3 is 2.59 bits per heavy atom. The van der Waals surface area contributed by atoms with Gasteiger partial charge in [-0.15, -0.1) is 0 Å². The normalized spacial score (nSPS) is 10.8. The van der Waals surface area contributed by atoms with Gasteiger partial charge in [-0.1, -0.05) is 6.07 Å². The first kappa shape index (κ1) is 20.7. The summed E-state index contributed by atoms with van der Waals surface area (Å²) in [4.78, 5) is 16.3. The fourth-order valence-electron chi connectivity index (χ4n) is 2.45. The van der Waals surface area contributed by atoms with Crippen molar-refractivity contribution >= 4 is 23.1 Å². The van der Waals surface area contributed by atoms with Crippen LogP contribution < -0.4 is 10.1 Å². The van der Waals surface area contributed by atoms with Gasteiger partial charge in [-0.25, -0.2) is 18.2 Å². The molecule has 0 saturated carbocycles. The zero-order valence-electron chi connectivity index (χ0n) is 15.0. The van der Waals surface area contributed by atoms with E-state index >= 15 is 0 Å². The van der Waals surface area contributed by atoms with Crippen LogP contribution in [-0.4, -0.2) is 33.6 Å². The third-order valence-corrected chi connectivity index (χ3v) is 4.56. The van der Waals surface area contributed by atoms with Crippen LogP contribution in [0, 0.1) is 17.5 Å². The number of amides is 1. The number of rotatable bonds is 8. The predicted molar refractivity (Wildman–Crippen MR) is 101 cm³/mol. The summed E-state index contributed by atoms with van der Waals surface area (Å²) >= 11 is 1.02. The number of aliphatic hydroxyl groups excluding tert-OH is 1. The molecule has 10 heteroatoms. The van der Waals surface area contributed by atoms with Gasteiger partial charge in [0.25, 0.3) is 5.91 Å². The van der Waals surface area contributed by atoms with Crippen LogP contribution in [0.25, 0.3) is 11.3 Å². The van der Waals surface area contributed by atoms with Crippen molar-refractivity contribution in [3.05, 3.63) is 59.7 Å². The van der Waals surface area contributed by atoms with Crippen molar-refractivity contribution < 1.29 is 27.8 Å². The van der Waals surface area contributed by atoms with Crippen LogP contribution in [-0.2, 0) is 0 Å². The van der Waals surface area contributed by atoms with Crippen molar-refractivity contribution in [3.8, 4) is 16.3 Å². The van der Waals surface area contributed by atoms with Crippen LogP contribution in [0.3, 0.4) is 0 Å². The Balaban J connectivity index is 1.80. The fraction of sp³-hybridized carbons (Fsp3) is 0.211. The van der Waals surface area contributed by atoms with E-state index in [1.54, 1.807) is 0 Å². The van der Waals surface area contributed by atoms with Crippen molar-refractivity contribution in [2.45, 2.75) is 12.8 Å². The molecular formula is C19H16F3N3O3S. The molecule has 0 bridgehead atoms. The Bertz CT molecular complexity index is 993. The maximum atomic E-state index is 14.1. The van der Waals surface area contributed by atoms with E-state index in [1.807, 2.05) is 0 Å². The first-order valence-electron chi connectivity index (χ1n) is 8.62. The zero-order chi connectivity index (χ0) is 20.8. The minimum absolute atomic E-state index is 0.0524. The molecule has 0 unspecified atom stereocenters. The van der Waals surface area contributed by atoms with Crippen molar-refractivity contribution in [3.63, 3.8) is 0 Å². The summed E-state index contributed by atoms with van der Waals surface area (Å²) in [5.41, 5.74) is -1.20. The molecule has 3 rings (SSSR count). The monoisotopic (exact) mass is 423 g/mol. The Morgan fingerprint density at radius 2 is 1.86 bits per heavy atom. The number of carbonyl (C=O) groups is 1. The molecule has 0 radical (unpaired) electrons. The van der Waals surface area contributed by atoms with Crippen LogP contribution in [0.5, 0.6) is 5.06 Å². The zero-order valence-corrected chi connectivity index (χ0v) is 15.8. The molecule has 0 saturated heterocycles. The average Bonchev–Trinajstić information content (AvgIpc) is 3.13. The molecule has 2 N–H and O–H groups in total. The summed E-state index contributed by atoms with van der Waals surface area (Å²) < 4.78 is 51.6. The van der Waals surface area contributed by atoms with Gasteiger partial charge < -0.3 is 15.2 Å². The topological polar surface area (TPSA) is 84.3 Å². The predicted octanol–water partition coefficient (Wildman–Crippen LogP) is 4.03. The van der Waals surface area contributed by atoms with Crippen LogP contribution in [0.1, 0.15) is 23.3 Å². The molecular weight excluding hydrogens is 407 g/mol. The summed E-state index contributed by atoms with van der Waals surface area (Å²) in [5, 5.41) is 11.7. The van der Waals surface area contributed by atoms with E-state index in [-0.39, 0.29) is 18.0 Å². The van der Waals surface area contributed by atoms with Gasteiger partial charge in [0, 0.05) is 18.1 Å². The fourth-order valence-corrected chi connectivity index (χ4v) is 3.04. The molecule has 6 nitrogen and oxygen atoms in total. The van der Waals surface area contributed by atoms with Crippen LogP contribution in [0.2, 0.25) is 0 Å². The second-order valence-corrected chi connectivity index (χ2v) is 6.65. The third kappa shape index (κ3) is 4.90. The highest BCUT2D eigenvalue weighted by Crippen LogP contribution is 2.30. The highest BCUT2D eigenvalue weighted by atomic mass is 32.1. The van der Waals surface area contributed by atoms with Crippen molar-refractivity contribution in [2.24, 2.45) is 0 Å². The molecule has 0 spiro atoms. The maximum absolute atomic E-state index is 14.1. The smallest absolute Gasteiger partial charge is 0.274 e. The van der Waals surface area contributed by atoms with E-state index in [1.165, 1.54) is 6.20 Å². The number of carbonyl (C=O) groups excluding carboxylic acids is 1. The number of hydrogen-bond donors (Lipinski definition) is 2. The van der Waals surface area contributed by atoms with E-state index in [2.05, 4.69) is 14.7 Å². The molecule has 1 amide bonds. The Kier molecular flexibility index (Phi) is 6.78. The quantitative estimate of drug-likeness (QED) is 0.535. The molecule has 152 valence electrons. The highest BCUT2D eigenvalue weighted by molar-refractivity contribution is 7.08. The second-order valence-electron chi connectivity index (χ2n) is 5.88. The van der Waals surface area contributed by atoms with Gasteiger partial charge in [0.2, 0.25) is 5.06 Å². The lowest BCUT2D eigenvalue weighted by Gasteiger charge is -2.09. The van der Waals surface area contributed by atoms with Gasteiger partial charge in [0.1, 0.15) is 34.5 Å². The lowest BCUT2D eigenvalue weighted by Crippen LogP contribution is -2.15. The minimum Gasteiger partial charge on any atom is -0.481 e. The number of pyridine rings is 1. The molecule has 0 atom stereocenters. The average molecular weight is 423 g/mol. The third-order valence-electron chi connectivity index (χ3n) is 3.85. The van der Waals surface area contributed by atoms with E-state index in [0.717, 1.165) is 41.9 Å². The number of nitrogens with zero attached hydrogens (tertiary/aromatic N) is 2. The number of ether oxygens (including phenoxy) is 1. The number of aliphatic hydroxyl groups is 1. The summed E-state index contributed by atoms with van der Waals surface area (Å²) in [7, 11) is 0. The molecule has 0 fully saturated rings. The first-order chi connectivity index (χ1) is 14.0. The first-order valence-corrected chi connectivity index (χ1v) is 9.39. The maximum Gasteiger partial charge on any atom is 0.274 e. The number of halogens is 3. The summed E-state index contributed by atoms with van der Waals surface area (Å²) in [6, 6.07) is 5.12. The largest absolute Gasteiger partial charge is 0.481 e. The van der Waals surface area contributed by atoms with E-state index in [4.69, 9.17) is 9.84 Å². The van der Waals surface area contributed by atoms with E-state index in [9.17, 15) is 18.0 Å². The molecule has 2 heterocycles. The van der Waals surface area contributed by atoms with Crippen LogP contribution in [0.4, 0.5) is 18.9 Å². The molecule has 29 heavy (non-hydrogen) atoms. The second kappa shape index (κ2) is 9.48. The number of nitrogens with one attached hydrogen (secondary N) is 1. The van der Waals surface area contributed by atoms with Gasteiger partial charge in [-0.2, -0.15) is 4.37 Å². The number of benzene rings is 1. The highest BCUT2D eigenvalue weighted by Gasteiger charge is 2.20. The molecule has 2 aromatic heterocycles. The van der Waals surface area contributed by atoms with Crippen molar-refractivity contribution in [2.75, 3.05) is 18.5 Å². The summed E-state index contributed by atoms with van der Waals surface area (Å²) in [5.74, 6) is -3.66. The molecule has 1 aromatic carbocycles. The van der Waals surface area contributed by atoms with Gasteiger partial charge in [-0.3, -0.25) is 4.79 Å². The van der Waals surface area contributed by atoms with Crippen LogP contribution >= 0.6 is 11.5 Å². The molecule has 0 aliphatic carbocycles. The SMILES string of the molecule is O=C(Nc1cnsc1OCCCCO)c1ccc(F)c(-c2c(F)cccc2F)n1. The Hall–Kier alpha value is -2.98. The Morgan fingerprint density at radius 1 is 1.10 bits per heavy atom. The lowest BCUT2D eigenvalue weighted by molar-refractivity contribution is 0.102. The molecule has 0 aliphatic heterocycles. The number of aromatic nitrogens is 2. The molecule has 0 aliphatic rings.